The van der Waals surface area contributed by atoms with Gasteiger partial charge in [-0.15, -0.1) is 11.3 Å². The van der Waals surface area contributed by atoms with Crippen LogP contribution in [-0.4, -0.2) is 16.4 Å². The lowest BCUT2D eigenvalue weighted by molar-refractivity contribution is -0.123. The molecule has 1 heterocycles. The van der Waals surface area contributed by atoms with E-state index in [-0.39, 0.29) is 11.9 Å². The molecule has 0 spiro atoms. The summed E-state index contributed by atoms with van der Waals surface area (Å²) in [7, 11) is 0. The average Bonchev–Trinajstić information content (AvgIpc) is 3.04. The van der Waals surface area contributed by atoms with Crippen LogP contribution >= 0.6 is 11.3 Å². The maximum atomic E-state index is 11.9. The van der Waals surface area contributed by atoms with Gasteiger partial charge in [0, 0.05) is 10.9 Å². The van der Waals surface area contributed by atoms with Crippen molar-refractivity contribution in [3.8, 4) is 11.3 Å². The summed E-state index contributed by atoms with van der Waals surface area (Å²) in [5.74, 6) is -0.0681. The molecule has 1 fully saturated rings. The Labute approximate surface area is 122 Å². The quantitative estimate of drug-likeness (QED) is 0.907. The summed E-state index contributed by atoms with van der Waals surface area (Å²) >= 11 is 1.56. The Hall–Kier alpha value is -1.72. The molecule has 5 heteroatoms. The van der Waals surface area contributed by atoms with E-state index in [1.54, 1.807) is 11.3 Å². The first-order chi connectivity index (χ1) is 9.58. The van der Waals surface area contributed by atoms with Crippen LogP contribution in [0.15, 0.2) is 35.7 Å². The molecule has 1 aliphatic rings. The Kier molecular flexibility index (Phi) is 3.31. The van der Waals surface area contributed by atoms with Gasteiger partial charge in [0.1, 0.15) is 5.01 Å². The van der Waals surface area contributed by atoms with E-state index in [0.717, 1.165) is 29.1 Å². The molecule has 1 saturated carbocycles. The smallest absolute Gasteiger partial charge is 0.240 e. The first kappa shape index (κ1) is 13.3. The fourth-order valence-corrected chi connectivity index (χ4v) is 2.83. The van der Waals surface area contributed by atoms with Gasteiger partial charge < -0.3 is 11.1 Å². The van der Waals surface area contributed by atoms with Crippen molar-refractivity contribution in [1.82, 2.24) is 10.3 Å². The molecule has 1 aliphatic carbocycles. The summed E-state index contributed by atoms with van der Waals surface area (Å²) < 4.78 is 0. The van der Waals surface area contributed by atoms with E-state index < -0.39 is 5.54 Å². The molecule has 1 atom stereocenters. The van der Waals surface area contributed by atoms with Gasteiger partial charge in [0.2, 0.25) is 5.91 Å². The molecule has 1 aromatic heterocycles. The molecule has 1 amide bonds. The minimum atomic E-state index is -0.631. The third kappa shape index (κ3) is 2.59. The van der Waals surface area contributed by atoms with E-state index >= 15 is 0 Å². The van der Waals surface area contributed by atoms with Crippen LogP contribution in [0.2, 0.25) is 0 Å². The Bertz CT molecular complexity index is 619. The highest BCUT2D eigenvalue weighted by molar-refractivity contribution is 7.10. The molecule has 2 aromatic rings. The maximum absolute atomic E-state index is 11.9. The number of benzene rings is 1. The zero-order chi connectivity index (χ0) is 14.2. The average molecular weight is 287 g/mol. The third-order valence-corrected chi connectivity index (χ3v) is 4.58. The van der Waals surface area contributed by atoms with Gasteiger partial charge in [0.05, 0.1) is 17.3 Å². The molecule has 0 aliphatic heterocycles. The highest BCUT2D eigenvalue weighted by Gasteiger charge is 2.46. The number of thiazole rings is 1. The molecule has 1 aromatic carbocycles. The topological polar surface area (TPSA) is 68.0 Å². The lowest BCUT2D eigenvalue weighted by Crippen LogP contribution is -2.43. The van der Waals surface area contributed by atoms with E-state index in [0.29, 0.717) is 0 Å². The van der Waals surface area contributed by atoms with Crippen LogP contribution < -0.4 is 11.1 Å². The Balaban J connectivity index is 1.72. The summed E-state index contributed by atoms with van der Waals surface area (Å²) in [5.41, 5.74) is 7.29. The minimum absolute atomic E-state index is 0.0681. The van der Waals surface area contributed by atoms with E-state index in [2.05, 4.69) is 10.3 Å². The van der Waals surface area contributed by atoms with Gasteiger partial charge in [-0.2, -0.15) is 0 Å². The lowest BCUT2D eigenvalue weighted by atomic mass is 10.2. The summed E-state index contributed by atoms with van der Waals surface area (Å²) in [5, 5.41) is 5.87. The van der Waals surface area contributed by atoms with Crippen molar-refractivity contribution >= 4 is 17.2 Å². The zero-order valence-corrected chi connectivity index (χ0v) is 12.1. The Morgan fingerprint density at radius 1 is 1.40 bits per heavy atom. The van der Waals surface area contributed by atoms with Gasteiger partial charge in [-0.1, -0.05) is 30.3 Å². The van der Waals surface area contributed by atoms with Crippen LogP contribution in [-0.2, 0) is 4.79 Å². The third-order valence-electron chi connectivity index (χ3n) is 3.55. The number of amides is 1. The van der Waals surface area contributed by atoms with Gasteiger partial charge >= 0.3 is 0 Å². The van der Waals surface area contributed by atoms with Crippen molar-refractivity contribution in [2.75, 3.05) is 0 Å². The van der Waals surface area contributed by atoms with Crippen molar-refractivity contribution < 1.29 is 4.79 Å². The standard InChI is InChI=1S/C15H17N3OS/c1-10(17-14(19)15(16)7-8-15)13-18-12(9-20-13)11-5-3-2-4-6-11/h2-6,9-10H,7-8,16H2,1H3,(H,17,19). The highest BCUT2D eigenvalue weighted by Crippen LogP contribution is 2.33. The molecular weight excluding hydrogens is 270 g/mol. The molecule has 104 valence electrons. The van der Waals surface area contributed by atoms with Crippen molar-refractivity contribution in [3.05, 3.63) is 40.7 Å². The molecule has 0 radical (unpaired) electrons. The monoisotopic (exact) mass is 287 g/mol. The number of carbonyl (C=O) groups excluding carboxylic acids is 1. The largest absolute Gasteiger partial charge is 0.346 e. The Morgan fingerprint density at radius 3 is 2.75 bits per heavy atom. The number of rotatable bonds is 4. The van der Waals surface area contributed by atoms with Crippen LogP contribution in [0.5, 0.6) is 0 Å². The maximum Gasteiger partial charge on any atom is 0.240 e. The SMILES string of the molecule is CC(NC(=O)C1(N)CC1)c1nc(-c2ccccc2)cs1. The predicted molar refractivity (Wildman–Crippen MR) is 80.3 cm³/mol. The molecule has 0 bridgehead atoms. The predicted octanol–water partition coefficient (Wildman–Crippen LogP) is 2.48. The Morgan fingerprint density at radius 2 is 2.10 bits per heavy atom. The van der Waals surface area contributed by atoms with E-state index in [4.69, 9.17) is 5.73 Å². The second-order valence-electron chi connectivity index (χ2n) is 5.29. The normalized spacial score (nSPS) is 17.5. The van der Waals surface area contributed by atoms with Gasteiger partial charge in [-0.25, -0.2) is 4.98 Å². The molecule has 20 heavy (non-hydrogen) atoms. The highest BCUT2D eigenvalue weighted by atomic mass is 32.1. The second-order valence-corrected chi connectivity index (χ2v) is 6.18. The van der Waals surface area contributed by atoms with E-state index in [9.17, 15) is 4.79 Å². The fraction of sp³-hybridized carbons (Fsp3) is 0.333. The second kappa shape index (κ2) is 5.00. The first-order valence-electron chi connectivity index (χ1n) is 6.69. The van der Waals surface area contributed by atoms with Crippen LogP contribution in [0.3, 0.4) is 0 Å². The van der Waals surface area contributed by atoms with Crippen molar-refractivity contribution in [3.63, 3.8) is 0 Å². The number of nitrogens with one attached hydrogen (secondary N) is 1. The number of aromatic nitrogens is 1. The van der Waals surface area contributed by atoms with Gasteiger partial charge in [-0.05, 0) is 19.8 Å². The summed E-state index contributed by atoms with van der Waals surface area (Å²) in [6, 6.07) is 9.92. The molecule has 4 nitrogen and oxygen atoms in total. The van der Waals surface area contributed by atoms with Gasteiger partial charge in [-0.3, -0.25) is 4.79 Å². The lowest BCUT2D eigenvalue weighted by Gasteiger charge is -2.14. The number of hydrogen-bond acceptors (Lipinski definition) is 4. The summed E-state index contributed by atoms with van der Waals surface area (Å²) in [6.45, 7) is 1.94. The molecule has 1 unspecified atom stereocenters. The van der Waals surface area contributed by atoms with Crippen molar-refractivity contribution in [2.45, 2.75) is 31.3 Å². The zero-order valence-electron chi connectivity index (χ0n) is 11.3. The van der Waals surface area contributed by atoms with Crippen molar-refractivity contribution in [2.24, 2.45) is 5.73 Å². The number of nitrogens with two attached hydrogens (primary N) is 1. The van der Waals surface area contributed by atoms with E-state index in [1.165, 1.54) is 0 Å². The van der Waals surface area contributed by atoms with Crippen LogP contribution in [0, 0.1) is 0 Å². The van der Waals surface area contributed by atoms with Crippen LogP contribution in [0.25, 0.3) is 11.3 Å². The first-order valence-corrected chi connectivity index (χ1v) is 7.57. The molecule has 3 rings (SSSR count). The van der Waals surface area contributed by atoms with Gasteiger partial charge in [0.15, 0.2) is 0 Å². The summed E-state index contributed by atoms with van der Waals surface area (Å²) in [4.78, 5) is 16.5. The minimum Gasteiger partial charge on any atom is -0.346 e. The molecule has 3 N–H and O–H groups in total. The molecular formula is C15H17N3OS. The van der Waals surface area contributed by atoms with Gasteiger partial charge in [0.25, 0.3) is 0 Å². The van der Waals surface area contributed by atoms with Crippen molar-refractivity contribution in [1.29, 1.82) is 0 Å². The number of hydrogen-bond donors (Lipinski definition) is 2. The number of carbonyl (C=O) groups is 1. The van der Waals surface area contributed by atoms with Crippen LogP contribution in [0.1, 0.15) is 30.8 Å². The summed E-state index contributed by atoms with van der Waals surface area (Å²) in [6.07, 6.45) is 1.55. The molecule has 0 saturated heterocycles. The number of nitrogens with zero attached hydrogens (tertiary/aromatic N) is 1. The fourth-order valence-electron chi connectivity index (χ4n) is 1.99. The van der Waals surface area contributed by atoms with Crippen LogP contribution in [0.4, 0.5) is 0 Å². The van der Waals surface area contributed by atoms with E-state index in [1.807, 2.05) is 42.6 Å².